The Morgan fingerprint density at radius 2 is 2.00 bits per heavy atom. The highest BCUT2D eigenvalue weighted by atomic mass is 16.4. The van der Waals surface area contributed by atoms with Crippen LogP contribution in [-0.2, 0) is 14.4 Å². The third-order valence-corrected chi connectivity index (χ3v) is 3.41. The Kier molecular flexibility index (Phi) is 4.69. The largest absolute Gasteiger partial charge is 0.481 e. The van der Waals surface area contributed by atoms with Crippen LogP contribution in [0.4, 0.5) is 0 Å². The van der Waals surface area contributed by atoms with E-state index >= 15 is 0 Å². The van der Waals surface area contributed by atoms with E-state index in [-0.39, 0.29) is 24.8 Å². The van der Waals surface area contributed by atoms with Crippen molar-refractivity contribution in [1.82, 2.24) is 9.80 Å². The number of hydrogen-bond donors (Lipinski definition) is 1. The van der Waals surface area contributed by atoms with Crippen LogP contribution < -0.4 is 0 Å². The van der Waals surface area contributed by atoms with Gasteiger partial charge in [0, 0.05) is 26.1 Å². The fourth-order valence-corrected chi connectivity index (χ4v) is 2.20. The lowest BCUT2D eigenvalue weighted by Gasteiger charge is -2.29. The van der Waals surface area contributed by atoms with Crippen LogP contribution in [0.2, 0.25) is 0 Å². The second-order valence-corrected chi connectivity index (χ2v) is 4.47. The second kappa shape index (κ2) is 5.84. The fraction of sp³-hybridized carbons (Fsp3) is 0.750. The highest BCUT2D eigenvalue weighted by molar-refractivity contribution is 5.91. The second-order valence-electron chi connectivity index (χ2n) is 4.47. The molecular weight excluding hydrogens is 236 g/mol. The Balaban J connectivity index is 2.73. The molecular formula is C12H20N2O4. The molecule has 1 heterocycles. The number of amides is 2. The Bertz CT molecular complexity index is 352. The summed E-state index contributed by atoms with van der Waals surface area (Å²) < 4.78 is 0. The maximum absolute atomic E-state index is 12.1. The van der Waals surface area contributed by atoms with E-state index in [1.165, 1.54) is 4.90 Å². The summed E-state index contributed by atoms with van der Waals surface area (Å²) in [6, 6.07) is -0.582. The maximum atomic E-state index is 12.1. The fourth-order valence-electron chi connectivity index (χ4n) is 2.20. The third kappa shape index (κ3) is 2.80. The van der Waals surface area contributed by atoms with E-state index in [2.05, 4.69) is 0 Å². The zero-order valence-corrected chi connectivity index (χ0v) is 11.0. The third-order valence-electron chi connectivity index (χ3n) is 3.41. The maximum Gasteiger partial charge on any atom is 0.308 e. The molecule has 0 radical (unpaired) electrons. The molecule has 18 heavy (non-hydrogen) atoms. The topological polar surface area (TPSA) is 77.9 Å². The standard InChI is InChI=1S/C12H20N2O4/c1-4-13(5-2)11(16)8(3)14-7-9(12(17)18)6-10(14)15/h8-9H,4-7H2,1-3H3,(H,17,18). The first-order valence-corrected chi connectivity index (χ1v) is 6.23. The minimum absolute atomic E-state index is 0.00873. The summed E-state index contributed by atoms with van der Waals surface area (Å²) in [5.41, 5.74) is 0. The lowest BCUT2D eigenvalue weighted by atomic mass is 10.1. The minimum Gasteiger partial charge on any atom is -0.481 e. The lowest BCUT2D eigenvalue weighted by Crippen LogP contribution is -2.47. The van der Waals surface area contributed by atoms with E-state index in [9.17, 15) is 14.4 Å². The first kappa shape index (κ1) is 14.5. The Hall–Kier alpha value is -1.59. The molecule has 1 aliphatic heterocycles. The summed E-state index contributed by atoms with van der Waals surface area (Å²) in [6.45, 7) is 6.71. The molecule has 2 atom stereocenters. The molecule has 6 nitrogen and oxygen atoms in total. The highest BCUT2D eigenvalue weighted by Gasteiger charge is 2.39. The number of carboxylic acids is 1. The SMILES string of the molecule is CCN(CC)C(=O)C(C)N1CC(C(=O)O)CC1=O. The van der Waals surface area contributed by atoms with Gasteiger partial charge in [-0.2, -0.15) is 0 Å². The molecule has 0 aromatic carbocycles. The van der Waals surface area contributed by atoms with Crippen LogP contribution in [0, 0.1) is 5.92 Å². The number of carbonyl (C=O) groups is 3. The summed E-state index contributed by atoms with van der Waals surface area (Å²) in [5.74, 6) is -2.05. The molecule has 6 heteroatoms. The average molecular weight is 256 g/mol. The van der Waals surface area contributed by atoms with E-state index in [1.54, 1.807) is 11.8 Å². The summed E-state index contributed by atoms with van der Waals surface area (Å²) in [6.07, 6.45) is -0.00873. The van der Waals surface area contributed by atoms with Gasteiger partial charge in [0.15, 0.2) is 0 Å². The Labute approximate surface area is 107 Å². The van der Waals surface area contributed by atoms with Gasteiger partial charge in [0.05, 0.1) is 5.92 Å². The molecule has 1 rings (SSSR count). The van der Waals surface area contributed by atoms with E-state index < -0.39 is 17.9 Å². The van der Waals surface area contributed by atoms with Crippen LogP contribution >= 0.6 is 0 Å². The van der Waals surface area contributed by atoms with Crippen molar-refractivity contribution in [1.29, 1.82) is 0 Å². The molecule has 2 unspecified atom stereocenters. The minimum atomic E-state index is -0.978. The smallest absolute Gasteiger partial charge is 0.308 e. The van der Waals surface area contributed by atoms with Crippen molar-refractivity contribution in [3.63, 3.8) is 0 Å². The molecule has 1 N–H and O–H groups in total. The summed E-state index contributed by atoms with van der Waals surface area (Å²) >= 11 is 0. The number of rotatable bonds is 5. The van der Waals surface area contributed by atoms with Crippen molar-refractivity contribution in [2.75, 3.05) is 19.6 Å². The predicted molar refractivity (Wildman–Crippen MR) is 64.8 cm³/mol. The number of hydrogen-bond acceptors (Lipinski definition) is 3. The zero-order valence-electron chi connectivity index (χ0n) is 11.0. The van der Waals surface area contributed by atoms with Crippen LogP contribution in [0.3, 0.4) is 0 Å². The van der Waals surface area contributed by atoms with Gasteiger partial charge in [0.25, 0.3) is 0 Å². The number of likely N-dealkylation sites (N-methyl/N-ethyl adjacent to an activating group) is 1. The van der Waals surface area contributed by atoms with Crippen molar-refractivity contribution in [3.05, 3.63) is 0 Å². The van der Waals surface area contributed by atoms with Crippen molar-refractivity contribution >= 4 is 17.8 Å². The van der Waals surface area contributed by atoms with Gasteiger partial charge in [-0.25, -0.2) is 0 Å². The molecule has 1 aliphatic rings. The van der Waals surface area contributed by atoms with Gasteiger partial charge in [-0.05, 0) is 20.8 Å². The highest BCUT2D eigenvalue weighted by Crippen LogP contribution is 2.21. The van der Waals surface area contributed by atoms with E-state index in [4.69, 9.17) is 5.11 Å². The molecule has 0 aromatic heterocycles. The summed E-state index contributed by atoms with van der Waals surface area (Å²) in [4.78, 5) is 37.7. The van der Waals surface area contributed by atoms with E-state index in [0.717, 1.165) is 0 Å². The molecule has 2 amide bonds. The van der Waals surface area contributed by atoms with Crippen molar-refractivity contribution < 1.29 is 19.5 Å². The Morgan fingerprint density at radius 3 is 2.39 bits per heavy atom. The van der Waals surface area contributed by atoms with Crippen LogP contribution in [0.1, 0.15) is 27.2 Å². The average Bonchev–Trinajstić information content (AvgIpc) is 2.72. The number of carboxylic acid groups (broad SMARTS) is 1. The van der Waals surface area contributed by atoms with E-state index in [0.29, 0.717) is 13.1 Å². The molecule has 0 aliphatic carbocycles. The quantitative estimate of drug-likeness (QED) is 0.761. The monoisotopic (exact) mass is 256 g/mol. The molecule has 0 spiro atoms. The normalized spacial score (nSPS) is 20.9. The van der Waals surface area contributed by atoms with Crippen molar-refractivity contribution in [2.24, 2.45) is 5.92 Å². The van der Waals surface area contributed by atoms with Gasteiger partial charge >= 0.3 is 5.97 Å². The van der Waals surface area contributed by atoms with Gasteiger partial charge in [0.1, 0.15) is 6.04 Å². The van der Waals surface area contributed by atoms with Gasteiger partial charge < -0.3 is 14.9 Å². The van der Waals surface area contributed by atoms with Crippen LogP contribution in [-0.4, -0.2) is 58.4 Å². The summed E-state index contributed by atoms with van der Waals surface area (Å²) in [5, 5.41) is 8.90. The van der Waals surface area contributed by atoms with Crippen molar-refractivity contribution in [3.8, 4) is 0 Å². The number of nitrogens with zero attached hydrogens (tertiary/aromatic N) is 2. The number of aliphatic carboxylic acids is 1. The first-order valence-electron chi connectivity index (χ1n) is 6.23. The number of carbonyl (C=O) groups excluding carboxylic acids is 2. The molecule has 0 saturated carbocycles. The summed E-state index contributed by atoms with van der Waals surface area (Å²) in [7, 11) is 0. The molecule has 0 aromatic rings. The predicted octanol–water partition coefficient (Wildman–Crippen LogP) is 0.176. The van der Waals surface area contributed by atoms with Crippen LogP contribution in [0.25, 0.3) is 0 Å². The van der Waals surface area contributed by atoms with Crippen molar-refractivity contribution in [2.45, 2.75) is 33.2 Å². The molecule has 0 bridgehead atoms. The van der Waals surface area contributed by atoms with Gasteiger partial charge in [-0.15, -0.1) is 0 Å². The lowest BCUT2D eigenvalue weighted by molar-refractivity contribution is -0.143. The van der Waals surface area contributed by atoms with Gasteiger partial charge in [0.2, 0.25) is 11.8 Å². The first-order chi connectivity index (χ1) is 8.42. The van der Waals surface area contributed by atoms with E-state index in [1.807, 2.05) is 13.8 Å². The molecule has 1 saturated heterocycles. The van der Waals surface area contributed by atoms with Crippen LogP contribution in [0.5, 0.6) is 0 Å². The van der Waals surface area contributed by atoms with Crippen LogP contribution in [0.15, 0.2) is 0 Å². The zero-order chi connectivity index (χ0) is 13.9. The number of likely N-dealkylation sites (tertiary alicyclic amines) is 1. The molecule has 102 valence electrons. The Morgan fingerprint density at radius 1 is 1.44 bits per heavy atom. The van der Waals surface area contributed by atoms with Gasteiger partial charge in [-0.1, -0.05) is 0 Å². The molecule has 1 fully saturated rings. The van der Waals surface area contributed by atoms with Gasteiger partial charge in [-0.3, -0.25) is 14.4 Å².